The molecular formula is C12H20O3Si. The number of esters is 1. The van der Waals surface area contributed by atoms with Crippen molar-refractivity contribution in [3.8, 4) is 0 Å². The minimum Gasteiger partial charge on any atom is -0.435 e. The lowest BCUT2D eigenvalue weighted by Crippen LogP contribution is -2.41. The maximum Gasteiger partial charge on any atom is 0.335 e. The van der Waals surface area contributed by atoms with Gasteiger partial charge in [-0.25, -0.2) is 4.79 Å². The summed E-state index contributed by atoms with van der Waals surface area (Å²) < 4.78 is 11.0. The zero-order valence-corrected chi connectivity index (χ0v) is 12.1. The molecule has 3 nitrogen and oxygen atoms in total. The van der Waals surface area contributed by atoms with E-state index in [9.17, 15) is 4.79 Å². The fourth-order valence-electron chi connectivity index (χ4n) is 1.61. The van der Waals surface area contributed by atoms with Gasteiger partial charge in [-0.2, -0.15) is 0 Å². The Labute approximate surface area is 99.9 Å². The van der Waals surface area contributed by atoms with Crippen molar-refractivity contribution in [2.24, 2.45) is 0 Å². The lowest BCUT2D eigenvalue weighted by Gasteiger charge is -2.33. The van der Waals surface area contributed by atoms with Gasteiger partial charge in [-0.1, -0.05) is 12.2 Å². The normalized spacial score (nSPS) is 26.4. The molecular weight excluding hydrogens is 220 g/mol. The number of rotatable bonds is 4. The number of hydrogen-bond donors (Lipinski definition) is 0. The van der Waals surface area contributed by atoms with E-state index < -0.39 is 5.41 Å². The Morgan fingerprint density at radius 1 is 1.62 bits per heavy atom. The summed E-state index contributed by atoms with van der Waals surface area (Å²) in [4.78, 5) is 11.7. The Morgan fingerprint density at radius 3 is 2.94 bits per heavy atom. The second-order valence-electron chi connectivity index (χ2n) is 4.24. The minimum absolute atomic E-state index is 0.265. The first-order chi connectivity index (χ1) is 7.57. The molecule has 0 N–H and O–H groups in total. The van der Waals surface area contributed by atoms with Gasteiger partial charge in [0.25, 0.3) is 0 Å². The summed E-state index contributed by atoms with van der Waals surface area (Å²) in [7, 11) is 0.716. The number of carbonyl (C=O) groups is 1. The Balaban J connectivity index is 2.52. The van der Waals surface area contributed by atoms with Crippen molar-refractivity contribution in [2.75, 3.05) is 6.61 Å². The van der Waals surface area contributed by atoms with Gasteiger partial charge in [-0.05, 0) is 26.2 Å². The second-order valence-corrected chi connectivity index (χ2v) is 5.76. The third kappa shape index (κ3) is 3.94. The quantitative estimate of drug-likeness (QED) is 0.321. The van der Waals surface area contributed by atoms with Crippen LogP contribution < -0.4 is 0 Å². The molecule has 1 atom stereocenters. The van der Waals surface area contributed by atoms with E-state index >= 15 is 0 Å². The van der Waals surface area contributed by atoms with E-state index in [-0.39, 0.29) is 5.97 Å². The van der Waals surface area contributed by atoms with Crippen LogP contribution in [0.1, 0.15) is 32.6 Å². The molecule has 0 aromatic heterocycles. The zero-order chi connectivity index (χ0) is 12.0. The zero-order valence-electron chi connectivity index (χ0n) is 10.1. The monoisotopic (exact) mass is 240 g/mol. The smallest absolute Gasteiger partial charge is 0.335 e. The van der Waals surface area contributed by atoms with Gasteiger partial charge >= 0.3 is 5.97 Å². The van der Waals surface area contributed by atoms with E-state index in [0.717, 1.165) is 19.3 Å². The number of hydrogen-bond acceptors (Lipinski definition) is 3. The lowest BCUT2D eigenvalue weighted by atomic mass is 10.2. The summed E-state index contributed by atoms with van der Waals surface area (Å²) in [6.45, 7) is 6.07. The Kier molecular flexibility index (Phi) is 4.95. The Hall–Kier alpha value is -0.873. The van der Waals surface area contributed by atoms with Crippen molar-refractivity contribution in [3.05, 3.63) is 24.3 Å². The molecule has 1 aliphatic heterocycles. The summed E-state index contributed by atoms with van der Waals surface area (Å²) >= 11 is 0. The van der Waals surface area contributed by atoms with Gasteiger partial charge < -0.3 is 9.47 Å². The first-order valence-corrected chi connectivity index (χ1v) is 6.72. The van der Waals surface area contributed by atoms with Gasteiger partial charge in [0.2, 0.25) is 0 Å². The Bertz CT molecular complexity index is 291. The second kappa shape index (κ2) is 6.01. The summed E-state index contributed by atoms with van der Waals surface area (Å²) in [5.41, 5.74) is 0.0304. The maximum atomic E-state index is 11.7. The molecule has 1 rings (SSSR count). The van der Waals surface area contributed by atoms with Gasteiger partial charge in [0.15, 0.2) is 5.41 Å². The van der Waals surface area contributed by atoms with Crippen molar-refractivity contribution in [3.63, 3.8) is 0 Å². The highest BCUT2D eigenvalue weighted by Crippen LogP contribution is 2.24. The highest BCUT2D eigenvalue weighted by molar-refractivity contribution is 6.14. The molecule has 0 amide bonds. The molecule has 0 aromatic rings. The van der Waals surface area contributed by atoms with Crippen LogP contribution in [0.25, 0.3) is 0 Å². The standard InChI is InChI=1S/C12H20O3Si/c1-3-4-7-10(2)11(13)15-12(16)8-5-6-9-14-12/h3,7H,1,4-6,8-9H2,2,16H3. The molecule has 0 radical (unpaired) electrons. The highest BCUT2D eigenvalue weighted by atomic mass is 28.1. The van der Waals surface area contributed by atoms with E-state index in [0.29, 0.717) is 28.8 Å². The first-order valence-electron chi connectivity index (χ1n) is 5.72. The topological polar surface area (TPSA) is 35.5 Å². The largest absolute Gasteiger partial charge is 0.435 e. The minimum atomic E-state index is -0.599. The third-order valence-electron chi connectivity index (χ3n) is 2.65. The molecule has 0 aliphatic carbocycles. The molecule has 1 fully saturated rings. The van der Waals surface area contributed by atoms with Crippen molar-refractivity contribution in [1.82, 2.24) is 0 Å². The summed E-state index contributed by atoms with van der Waals surface area (Å²) in [6, 6.07) is 0. The maximum absolute atomic E-state index is 11.7. The van der Waals surface area contributed by atoms with E-state index in [1.54, 1.807) is 13.0 Å². The van der Waals surface area contributed by atoms with Gasteiger partial charge in [0.05, 0.1) is 16.8 Å². The number of ether oxygens (including phenoxy) is 2. The Morgan fingerprint density at radius 2 is 2.38 bits per heavy atom. The van der Waals surface area contributed by atoms with Gasteiger partial charge in [0.1, 0.15) is 0 Å². The summed E-state index contributed by atoms with van der Waals surface area (Å²) in [5, 5.41) is 0. The highest BCUT2D eigenvalue weighted by Gasteiger charge is 2.31. The first kappa shape index (κ1) is 13.2. The summed E-state index contributed by atoms with van der Waals surface area (Å²) in [6.07, 6.45) is 7.24. The van der Waals surface area contributed by atoms with E-state index in [2.05, 4.69) is 6.58 Å². The van der Waals surface area contributed by atoms with Crippen LogP contribution in [0, 0.1) is 0 Å². The van der Waals surface area contributed by atoms with Crippen molar-refractivity contribution >= 4 is 16.2 Å². The van der Waals surface area contributed by atoms with Crippen LogP contribution in [0.2, 0.25) is 0 Å². The number of allylic oxidation sites excluding steroid dienone is 2. The molecule has 1 unspecified atom stereocenters. The van der Waals surface area contributed by atoms with Crippen molar-refractivity contribution in [1.29, 1.82) is 0 Å². The molecule has 1 aliphatic rings. The average molecular weight is 240 g/mol. The van der Waals surface area contributed by atoms with Crippen LogP contribution in [-0.4, -0.2) is 28.2 Å². The predicted molar refractivity (Wildman–Crippen MR) is 67.1 cm³/mol. The van der Waals surface area contributed by atoms with Crippen molar-refractivity contribution < 1.29 is 14.3 Å². The molecule has 1 heterocycles. The molecule has 0 aromatic carbocycles. The number of carbonyl (C=O) groups excluding carboxylic acids is 1. The molecule has 0 saturated carbocycles. The van der Waals surface area contributed by atoms with Gasteiger partial charge in [-0.15, -0.1) is 6.58 Å². The SMILES string of the molecule is C=CCC=C(C)C(=O)OC1([SiH3])CCCCO1. The molecule has 4 heteroatoms. The van der Waals surface area contributed by atoms with Crippen LogP contribution in [-0.2, 0) is 14.3 Å². The van der Waals surface area contributed by atoms with Crippen LogP contribution in [0.4, 0.5) is 0 Å². The van der Waals surface area contributed by atoms with E-state index in [4.69, 9.17) is 9.47 Å². The predicted octanol–water partition coefficient (Wildman–Crippen LogP) is 1.27. The molecule has 16 heavy (non-hydrogen) atoms. The third-order valence-corrected chi connectivity index (χ3v) is 3.65. The molecule has 90 valence electrons. The lowest BCUT2D eigenvalue weighted by molar-refractivity contribution is -0.202. The van der Waals surface area contributed by atoms with Crippen LogP contribution in [0.3, 0.4) is 0 Å². The fourth-order valence-corrected chi connectivity index (χ4v) is 2.35. The molecule has 0 spiro atoms. The van der Waals surface area contributed by atoms with Crippen molar-refractivity contribution in [2.45, 2.75) is 38.0 Å². The van der Waals surface area contributed by atoms with E-state index in [1.165, 1.54) is 0 Å². The molecule has 1 saturated heterocycles. The van der Waals surface area contributed by atoms with Crippen LogP contribution in [0.15, 0.2) is 24.3 Å². The van der Waals surface area contributed by atoms with Crippen LogP contribution >= 0.6 is 0 Å². The van der Waals surface area contributed by atoms with Crippen LogP contribution in [0.5, 0.6) is 0 Å². The van der Waals surface area contributed by atoms with E-state index in [1.807, 2.05) is 6.08 Å². The van der Waals surface area contributed by atoms with Gasteiger partial charge in [0, 0.05) is 12.0 Å². The molecule has 0 bridgehead atoms. The average Bonchev–Trinajstić information content (AvgIpc) is 2.26. The fraction of sp³-hybridized carbons (Fsp3) is 0.583. The summed E-state index contributed by atoms with van der Waals surface area (Å²) in [5.74, 6) is -0.265. The van der Waals surface area contributed by atoms with Gasteiger partial charge in [-0.3, -0.25) is 0 Å².